The minimum atomic E-state index is -0.935. The van der Waals surface area contributed by atoms with Gasteiger partial charge in [-0.05, 0) is 18.1 Å². The number of rotatable bonds is 2. The summed E-state index contributed by atoms with van der Waals surface area (Å²) in [7, 11) is 0. The Labute approximate surface area is 127 Å². The second-order valence-corrected chi connectivity index (χ2v) is 5.42. The van der Waals surface area contributed by atoms with Crippen LogP contribution in [0.3, 0.4) is 0 Å². The van der Waals surface area contributed by atoms with Crippen molar-refractivity contribution in [3.05, 3.63) is 52.7 Å². The lowest BCUT2D eigenvalue weighted by atomic mass is 9.89. The van der Waals surface area contributed by atoms with Crippen LogP contribution in [0.4, 0.5) is 0 Å². The molecule has 2 aromatic rings. The van der Waals surface area contributed by atoms with Crippen molar-refractivity contribution >= 4 is 11.9 Å². The van der Waals surface area contributed by atoms with E-state index in [1.54, 1.807) is 19.9 Å². The largest absolute Gasteiger partial charge is 0.481 e. The third kappa shape index (κ3) is 2.36. The van der Waals surface area contributed by atoms with Crippen molar-refractivity contribution in [1.29, 1.82) is 0 Å². The SMILES string of the molecule is Cc1nc(C)c(C(=O)N2Cc3ccccc3C(C(=O)O)C2)o1. The molecule has 1 atom stereocenters. The number of oxazole rings is 1. The molecular formula is C16H16N2O4. The first-order chi connectivity index (χ1) is 10.5. The maximum absolute atomic E-state index is 12.6. The number of fused-ring (bicyclic) bond motifs is 1. The van der Waals surface area contributed by atoms with Crippen molar-refractivity contribution in [3.63, 3.8) is 0 Å². The Morgan fingerprint density at radius 1 is 1.32 bits per heavy atom. The average molecular weight is 300 g/mol. The predicted molar refractivity (Wildman–Crippen MR) is 77.5 cm³/mol. The molecule has 2 heterocycles. The van der Waals surface area contributed by atoms with Gasteiger partial charge in [0.2, 0.25) is 5.76 Å². The van der Waals surface area contributed by atoms with E-state index in [2.05, 4.69) is 4.98 Å². The van der Waals surface area contributed by atoms with Gasteiger partial charge in [0.15, 0.2) is 5.89 Å². The molecule has 1 aliphatic rings. The van der Waals surface area contributed by atoms with Crippen LogP contribution in [0.25, 0.3) is 0 Å². The van der Waals surface area contributed by atoms with Gasteiger partial charge >= 0.3 is 5.97 Å². The van der Waals surface area contributed by atoms with Crippen molar-refractivity contribution in [1.82, 2.24) is 9.88 Å². The van der Waals surface area contributed by atoms with Crippen LogP contribution in [0.15, 0.2) is 28.7 Å². The third-order valence-electron chi connectivity index (χ3n) is 3.88. The maximum atomic E-state index is 12.6. The molecular weight excluding hydrogens is 284 g/mol. The quantitative estimate of drug-likeness (QED) is 0.918. The topological polar surface area (TPSA) is 83.6 Å². The molecule has 6 heteroatoms. The van der Waals surface area contributed by atoms with Gasteiger partial charge in [-0.2, -0.15) is 0 Å². The molecule has 0 bridgehead atoms. The van der Waals surface area contributed by atoms with Crippen LogP contribution in [0.2, 0.25) is 0 Å². The fraction of sp³-hybridized carbons (Fsp3) is 0.312. The lowest BCUT2D eigenvalue weighted by molar-refractivity contribution is -0.139. The zero-order valence-corrected chi connectivity index (χ0v) is 12.4. The highest BCUT2D eigenvalue weighted by Crippen LogP contribution is 2.29. The summed E-state index contributed by atoms with van der Waals surface area (Å²) in [6.07, 6.45) is 0. The van der Waals surface area contributed by atoms with Gasteiger partial charge < -0.3 is 14.4 Å². The first-order valence-corrected chi connectivity index (χ1v) is 7.01. The number of carboxylic acids is 1. The molecule has 1 unspecified atom stereocenters. The zero-order chi connectivity index (χ0) is 15.9. The fourth-order valence-corrected chi connectivity index (χ4v) is 2.85. The van der Waals surface area contributed by atoms with Crippen LogP contribution in [0.5, 0.6) is 0 Å². The van der Waals surface area contributed by atoms with Crippen LogP contribution in [-0.4, -0.2) is 33.4 Å². The van der Waals surface area contributed by atoms with Crippen LogP contribution in [0.1, 0.15) is 39.2 Å². The van der Waals surface area contributed by atoms with Gasteiger partial charge in [-0.15, -0.1) is 0 Å². The summed E-state index contributed by atoms with van der Waals surface area (Å²) in [6, 6.07) is 7.31. The average Bonchev–Trinajstić information content (AvgIpc) is 2.83. The van der Waals surface area contributed by atoms with E-state index in [0.717, 1.165) is 11.1 Å². The lowest BCUT2D eigenvalue weighted by Crippen LogP contribution is -2.40. The number of carboxylic acid groups (broad SMARTS) is 1. The molecule has 1 N–H and O–H groups in total. The maximum Gasteiger partial charge on any atom is 0.312 e. The number of carbonyl (C=O) groups is 2. The van der Waals surface area contributed by atoms with Crippen molar-refractivity contribution in [2.24, 2.45) is 0 Å². The molecule has 1 aromatic carbocycles. The van der Waals surface area contributed by atoms with Crippen LogP contribution in [-0.2, 0) is 11.3 Å². The van der Waals surface area contributed by atoms with Gasteiger partial charge in [0.25, 0.3) is 5.91 Å². The predicted octanol–water partition coefficient (Wildman–Crippen LogP) is 2.12. The molecule has 0 fully saturated rings. The van der Waals surface area contributed by atoms with Gasteiger partial charge in [0.05, 0.1) is 11.6 Å². The van der Waals surface area contributed by atoms with Crippen LogP contribution < -0.4 is 0 Å². The van der Waals surface area contributed by atoms with Crippen molar-refractivity contribution in [2.45, 2.75) is 26.3 Å². The normalized spacial score (nSPS) is 17.2. The number of hydrogen-bond donors (Lipinski definition) is 1. The Balaban J connectivity index is 1.95. The smallest absolute Gasteiger partial charge is 0.312 e. The number of aryl methyl sites for hydroxylation is 2. The molecule has 0 saturated carbocycles. The third-order valence-corrected chi connectivity index (χ3v) is 3.88. The molecule has 0 radical (unpaired) electrons. The monoisotopic (exact) mass is 300 g/mol. The number of aliphatic carboxylic acids is 1. The summed E-state index contributed by atoms with van der Waals surface area (Å²) in [5, 5.41) is 9.44. The molecule has 0 aliphatic carbocycles. The van der Waals surface area contributed by atoms with Gasteiger partial charge in [0, 0.05) is 20.0 Å². The van der Waals surface area contributed by atoms with E-state index in [1.165, 1.54) is 4.90 Å². The Morgan fingerprint density at radius 3 is 2.68 bits per heavy atom. The summed E-state index contributed by atoms with van der Waals surface area (Å²) >= 11 is 0. The van der Waals surface area contributed by atoms with Crippen LogP contribution >= 0.6 is 0 Å². The highest BCUT2D eigenvalue weighted by atomic mass is 16.4. The van der Waals surface area contributed by atoms with E-state index in [-0.39, 0.29) is 18.2 Å². The first kappa shape index (κ1) is 14.3. The second kappa shape index (κ2) is 5.29. The van der Waals surface area contributed by atoms with E-state index in [0.29, 0.717) is 18.1 Å². The molecule has 22 heavy (non-hydrogen) atoms. The summed E-state index contributed by atoms with van der Waals surface area (Å²) in [6.45, 7) is 3.88. The van der Waals surface area contributed by atoms with Crippen molar-refractivity contribution < 1.29 is 19.1 Å². The number of hydrogen-bond acceptors (Lipinski definition) is 4. The van der Waals surface area contributed by atoms with E-state index >= 15 is 0 Å². The zero-order valence-electron chi connectivity index (χ0n) is 12.4. The minimum absolute atomic E-state index is 0.129. The Bertz CT molecular complexity index is 750. The number of amides is 1. The summed E-state index contributed by atoms with van der Waals surface area (Å²) in [4.78, 5) is 29.7. The van der Waals surface area contributed by atoms with E-state index in [4.69, 9.17) is 4.42 Å². The van der Waals surface area contributed by atoms with Gasteiger partial charge in [-0.1, -0.05) is 24.3 Å². The van der Waals surface area contributed by atoms with E-state index < -0.39 is 11.9 Å². The lowest BCUT2D eigenvalue weighted by Gasteiger charge is -2.32. The summed E-state index contributed by atoms with van der Waals surface area (Å²) in [5.41, 5.74) is 2.14. The molecule has 3 rings (SSSR count). The van der Waals surface area contributed by atoms with Gasteiger partial charge in [-0.25, -0.2) is 4.98 Å². The standard InChI is InChI=1S/C16H16N2O4/c1-9-14(22-10(2)17-9)15(19)18-7-11-5-3-4-6-12(11)13(8-18)16(20)21/h3-6,13H,7-8H2,1-2H3,(H,20,21). The molecule has 114 valence electrons. The van der Waals surface area contributed by atoms with Gasteiger partial charge in [0.1, 0.15) is 0 Å². The Morgan fingerprint density at radius 2 is 2.05 bits per heavy atom. The van der Waals surface area contributed by atoms with Crippen LogP contribution in [0, 0.1) is 13.8 Å². The number of benzene rings is 1. The number of aromatic nitrogens is 1. The van der Waals surface area contributed by atoms with E-state index in [9.17, 15) is 14.7 Å². The highest BCUT2D eigenvalue weighted by Gasteiger charge is 2.34. The second-order valence-electron chi connectivity index (χ2n) is 5.42. The number of nitrogens with zero attached hydrogens (tertiary/aromatic N) is 2. The van der Waals surface area contributed by atoms with E-state index in [1.807, 2.05) is 18.2 Å². The number of carbonyl (C=O) groups excluding carboxylic acids is 1. The minimum Gasteiger partial charge on any atom is -0.481 e. The molecule has 0 spiro atoms. The highest BCUT2D eigenvalue weighted by molar-refractivity contribution is 5.93. The first-order valence-electron chi connectivity index (χ1n) is 7.01. The molecule has 1 aromatic heterocycles. The molecule has 1 amide bonds. The Kier molecular flexibility index (Phi) is 3.44. The molecule has 6 nitrogen and oxygen atoms in total. The van der Waals surface area contributed by atoms with Gasteiger partial charge in [-0.3, -0.25) is 9.59 Å². The Hall–Kier alpha value is -2.63. The summed E-state index contributed by atoms with van der Waals surface area (Å²) < 4.78 is 5.36. The van der Waals surface area contributed by atoms with Crippen molar-refractivity contribution in [3.8, 4) is 0 Å². The van der Waals surface area contributed by atoms with Crippen molar-refractivity contribution in [2.75, 3.05) is 6.54 Å². The molecule has 1 aliphatic heterocycles. The molecule has 0 saturated heterocycles. The fourth-order valence-electron chi connectivity index (χ4n) is 2.85. The summed E-state index contributed by atoms with van der Waals surface area (Å²) in [5.74, 6) is -1.37.